The first kappa shape index (κ1) is 18.1. The van der Waals surface area contributed by atoms with E-state index in [9.17, 15) is 4.39 Å². The molecular weight excluding hydrogens is 341 g/mol. The van der Waals surface area contributed by atoms with Crippen LogP contribution in [0.4, 0.5) is 4.39 Å². The largest absolute Gasteiger partial charge is 0.497 e. The molecule has 1 aromatic carbocycles. The van der Waals surface area contributed by atoms with Gasteiger partial charge in [0.05, 0.1) is 12.8 Å². The van der Waals surface area contributed by atoms with E-state index in [1.165, 1.54) is 22.3 Å². The van der Waals surface area contributed by atoms with E-state index in [1.54, 1.807) is 13.3 Å². The molecule has 4 nitrogen and oxygen atoms in total. The van der Waals surface area contributed by atoms with E-state index < -0.39 is 6.17 Å². The van der Waals surface area contributed by atoms with E-state index in [4.69, 9.17) is 4.74 Å². The molecule has 2 atom stereocenters. The van der Waals surface area contributed by atoms with Crippen LogP contribution >= 0.6 is 0 Å². The van der Waals surface area contributed by atoms with Gasteiger partial charge in [-0.15, -0.1) is 0 Å². The predicted molar refractivity (Wildman–Crippen MR) is 105 cm³/mol. The smallest absolute Gasteiger partial charge is 0.119 e. The Labute approximate surface area is 160 Å². The van der Waals surface area contributed by atoms with Gasteiger partial charge < -0.3 is 9.64 Å². The van der Waals surface area contributed by atoms with Gasteiger partial charge in [0.1, 0.15) is 11.9 Å². The van der Waals surface area contributed by atoms with Gasteiger partial charge in [0.25, 0.3) is 0 Å². The molecule has 0 spiro atoms. The Bertz CT molecular complexity index is 837. The molecule has 142 valence electrons. The average molecular weight is 367 g/mol. The molecule has 0 amide bonds. The van der Waals surface area contributed by atoms with Crippen molar-refractivity contribution in [3.63, 3.8) is 0 Å². The molecule has 4 rings (SSSR count). The van der Waals surface area contributed by atoms with Crippen LogP contribution in [0.15, 0.2) is 42.1 Å². The molecule has 5 heteroatoms. The Morgan fingerprint density at radius 2 is 2.22 bits per heavy atom. The molecule has 1 saturated heterocycles. The van der Waals surface area contributed by atoms with Crippen molar-refractivity contribution in [2.24, 2.45) is 0 Å². The summed E-state index contributed by atoms with van der Waals surface area (Å²) in [6.07, 6.45) is 3.60. The number of hydrogen-bond acceptors (Lipinski definition) is 4. The highest BCUT2D eigenvalue weighted by Crippen LogP contribution is 2.43. The first-order valence-electron chi connectivity index (χ1n) is 9.69. The fourth-order valence-electron chi connectivity index (χ4n) is 4.36. The highest BCUT2D eigenvalue weighted by Gasteiger charge is 2.28. The molecule has 1 fully saturated rings. The van der Waals surface area contributed by atoms with Crippen molar-refractivity contribution < 1.29 is 9.13 Å². The number of methoxy groups -OCH3 is 1. The number of rotatable bonds is 6. The topological polar surface area (TPSA) is 38.2 Å². The Kier molecular flexibility index (Phi) is 5.21. The molecule has 1 aromatic heterocycles. The van der Waals surface area contributed by atoms with E-state index >= 15 is 0 Å². The molecule has 1 aliphatic heterocycles. The van der Waals surface area contributed by atoms with Crippen LogP contribution in [0.25, 0.3) is 5.57 Å². The van der Waals surface area contributed by atoms with Crippen molar-refractivity contribution in [2.75, 3.05) is 26.7 Å². The van der Waals surface area contributed by atoms with Gasteiger partial charge in [-0.25, -0.2) is 4.39 Å². The number of halogens is 1. The maximum absolute atomic E-state index is 13.5. The van der Waals surface area contributed by atoms with E-state index in [0.29, 0.717) is 13.0 Å². The normalized spacial score (nSPS) is 20.8. The van der Waals surface area contributed by atoms with Crippen molar-refractivity contribution in [1.29, 1.82) is 0 Å². The minimum Gasteiger partial charge on any atom is -0.497 e. The summed E-state index contributed by atoms with van der Waals surface area (Å²) in [6, 6.07) is 10.3. The van der Waals surface area contributed by atoms with E-state index in [0.717, 1.165) is 37.4 Å². The number of likely N-dealkylation sites (tertiary alicyclic amines) is 1. The summed E-state index contributed by atoms with van der Waals surface area (Å²) >= 11 is 0. The third-order valence-corrected chi connectivity index (χ3v) is 5.80. The minimum atomic E-state index is -0.665. The van der Waals surface area contributed by atoms with Crippen molar-refractivity contribution in [2.45, 2.75) is 38.3 Å². The van der Waals surface area contributed by atoms with E-state index in [-0.39, 0.29) is 5.92 Å². The van der Waals surface area contributed by atoms with Gasteiger partial charge in [0, 0.05) is 31.7 Å². The summed E-state index contributed by atoms with van der Waals surface area (Å²) in [6.45, 7) is 4.55. The van der Waals surface area contributed by atoms with Crippen molar-refractivity contribution in [3.8, 4) is 5.75 Å². The quantitative estimate of drug-likeness (QED) is 0.773. The Morgan fingerprint density at radius 1 is 1.33 bits per heavy atom. The Morgan fingerprint density at radius 3 is 2.93 bits per heavy atom. The number of nitrogens with zero attached hydrogens (tertiary/aromatic N) is 3. The molecule has 2 aliphatic rings. The van der Waals surface area contributed by atoms with Gasteiger partial charge in [-0.2, -0.15) is 10.2 Å². The molecule has 0 bridgehead atoms. The highest BCUT2D eigenvalue weighted by molar-refractivity contribution is 5.80. The summed E-state index contributed by atoms with van der Waals surface area (Å²) < 4.78 is 18.9. The van der Waals surface area contributed by atoms with Crippen LogP contribution in [-0.2, 0) is 6.42 Å². The van der Waals surface area contributed by atoms with Crippen molar-refractivity contribution in [1.82, 2.24) is 15.1 Å². The lowest BCUT2D eigenvalue weighted by Gasteiger charge is -2.19. The van der Waals surface area contributed by atoms with Crippen LogP contribution in [0, 0.1) is 0 Å². The molecular formula is C22H26FN3O. The van der Waals surface area contributed by atoms with E-state index in [1.807, 2.05) is 18.2 Å². The van der Waals surface area contributed by atoms with Crippen LogP contribution in [0.2, 0.25) is 0 Å². The summed E-state index contributed by atoms with van der Waals surface area (Å²) in [5, 5.41) is 8.40. The van der Waals surface area contributed by atoms with Gasteiger partial charge in [0.2, 0.25) is 0 Å². The molecule has 2 heterocycles. The summed E-state index contributed by atoms with van der Waals surface area (Å²) in [5.41, 5.74) is 6.36. The maximum Gasteiger partial charge on any atom is 0.119 e. The molecule has 27 heavy (non-hydrogen) atoms. The molecule has 0 saturated carbocycles. The van der Waals surface area contributed by atoms with Gasteiger partial charge >= 0.3 is 0 Å². The number of allylic oxidation sites excluding steroid dienone is 1. The van der Waals surface area contributed by atoms with Crippen LogP contribution in [-0.4, -0.2) is 48.0 Å². The van der Waals surface area contributed by atoms with Gasteiger partial charge in [-0.05, 0) is 60.2 Å². The maximum atomic E-state index is 13.5. The number of alkyl halides is 1. The number of benzene rings is 1. The zero-order chi connectivity index (χ0) is 18.8. The molecule has 0 radical (unpaired) electrons. The third-order valence-electron chi connectivity index (χ3n) is 5.80. The lowest BCUT2D eigenvalue weighted by Crippen LogP contribution is -2.22. The van der Waals surface area contributed by atoms with Gasteiger partial charge in [-0.1, -0.05) is 18.6 Å². The third kappa shape index (κ3) is 3.74. The summed E-state index contributed by atoms with van der Waals surface area (Å²) in [4.78, 5) is 2.24. The fourth-order valence-corrected chi connectivity index (χ4v) is 4.36. The van der Waals surface area contributed by atoms with Crippen molar-refractivity contribution >= 4 is 5.57 Å². The zero-order valence-electron chi connectivity index (χ0n) is 16.0. The standard InChI is InChI=1S/C22H26FN3O/c1-15(21-4-3-9-24-25-21)22-16(7-10-26-11-8-18(23)14-26)12-17-13-19(27-2)5-6-20(17)22/h3-6,9,13,15,18H,7-8,10-12,14H2,1-2H3. The average Bonchev–Trinajstić information content (AvgIpc) is 3.28. The second kappa shape index (κ2) is 7.77. The molecule has 2 aromatic rings. The molecule has 0 N–H and O–H groups in total. The second-order valence-corrected chi connectivity index (χ2v) is 7.52. The Hall–Kier alpha value is -2.27. The van der Waals surface area contributed by atoms with Crippen LogP contribution in [0.1, 0.15) is 42.5 Å². The van der Waals surface area contributed by atoms with Crippen LogP contribution in [0.3, 0.4) is 0 Å². The summed E-state index contributed by atoms with van der Waals surface area (Å²) in [5.74, 6) is 1.07. The second-order valence-electron chi connectivity index (χ2n) is 7.52. The molecule has 2 unspecified atom stereocenters. The highest BCUT2D eigenvalue weighted by atomic mass is 19.1. The minimum absolute atomic E-state index is 0.177. The number of aromatic nitrogens is 2. The monoisotopic (exact) mass is 367 g/mol. The zero-order valence-corrected chi connectivity index (χ0v) is 16.0. The first-order valence-corrected chi connectivity index (χ1v) is 9.69. The molecule has 1 aliphatic carbocycles. The number of fused-ring (bicyclic) bond motifs is 1. The Balaban J connectivity index is 1.63. The number of ether oxygens (including phenoxy) is 1. The summed E-state index contributed by atoms with van der Waals surface area (Å²) in [7, 11) is 1.70. The van der Waals surface area contributed by atoms with Gasteiger partial charge in [-0.3, -0.25) is 0 Å². The lowest BCUT2D eigenvalue weighted by molar-refractivity contribution is 0.290. The fraction of sp³-hybridized carbons (Fsp3) is 0.455. The van der Waals surface area contributed by atoms with Gasteiger partial charge in [0.15, 0.2) is 0 Å². The van der Waals surface area contributed by atoms with Crippen molar-refractivity contribution in [3.05, 3.63) is 58.9 Å². The predicted octanol–water partition coefficient (Wildman–Crippen LogP) is 4.03. The SMILES string of the molecule is COc1ccc2c(c1)CC(CCN1CCC(F)C1)=C2C(C)c1cccnn1. The van der Waals surface area contributed by atoms with E-state index in [2.05, 4.69) is 34.2 Å². The lowest BCUT2D eigenvalue weighted by atomic mass is 9.90. The van der Waals surface area contributed by atoms with Crippen LogP contribution in [0.5, 0.6) is 5.75 Å². The first-order chi connectivity index (χ1) is 13.2. The van der Waals surface area contributed by atoms with Crippen LogP contribution < -0.4 is 4.74 Å². The number of hydrogen-bond donors (Lipinski definition) is 0.